The molecule has 7 aromatic rings. The number of aromatic nitrogens is 2. The van der Waals surface area contributed by atoms with Crippen molar-refractivity contribution in [2.45, 2.75) is 33.1 Å². The molecule has 0 saturated carbocycles. The summed E-state index contributed by atoms with van der Waals surface area (Å²) < 4.78 is 4.49. The number of hydrogen-bond acceptors (Lipinski definition) is 0. The molecule has 0 atom stereocenters. The third-order valence-electron chi connectivity index (χ3n) is 8.88. The largest absolute Gasteiger partial charge is 0.218 e. The fraction of sp³-hybridized carbons (Fsp3) is 0.143. The summed E-state index contributed by atoms with van der Waals surface area (Å²) in [6.07, 6.45) is 8.84. The quantitative estimate of drug-likeness (QED) is 0.147. The van der Waals surface area contributed by atoms with Gasteiger partial charge in [-0.2, -0.15) is 4.57 Å². The number of nitrogens with zero attached hydrogens (tertiary/aromatic N) is 2. The van der Waals surface area contributed by atoms with Crippen molar-refractivity contribution in [3.63, 3.8) is 0 Å². The van der Waals surface area contributed by atoms with Crippen LogP contribution in [0.1, 0.15) is 37.5 Å². The molecule has 2 aromatic heterocycles. The number of pyridine rings is 2. The van der Waals surface area contributed by atoms with Crippen LogP contribution in [0, 0.1) is 6.92 Å². The van der Waals surface area contributed by atoms with E-state index >= 15 is 0 Å². The van der Waals surface area contributed by atoms with Crippen molar-refractivity contribution in [1.82, 2.24) is 0 Å². The van der Waals surface area contributed by atoms with E-state index in [0.717, 1.165) is 0 Å². The maximum Gasteiger partial charge on any atom is 0.218 e. The van der Waals surface area contributed by atoms with Crippen LogP contribution in [0.3, 0.4) is 0 Å². The molecule has 5 aromatic carbocycles. The lowest BCUT2D eigenvalue weighted by Gasteiger charge is -2.19. The summed E-state index contributed by atoms with van der Waals surface area (Å²) in [7, 11) is 2.12. The minimum absolute atomic E-state index is 0.0403. The number of fused-ring (bicyclic) bond motifs is 4. The molecule has 0 spiro atoms. The van der Waals surface area contributed by atoms with Crippen molar-refractivity contribution in [3.8, 4) is 22.5 Å². The van der Waals surface area contributed by atoms with Gasteiger partial charge in [-0.05, 0) is 85.6 Å². The molecule has 214 valence electrons. The molecular formula is C42H38N2+2. The molecule has 2 heterocycles. The molecule has 44 heavy (non-hydrogen) atoms. The van der Waals surface area contributed by atoms with E-state index in [1.54, 1.807) is 0 Å². The molecule has 0 saturated heterocycles. The Morgan fingerprint density at radius 1 is 0.568 bits per heavy atom. The van der Waals surface area contributed by atoms with Crippen molar-refractivity contribution >= 4 is 44.6 Å². The highest BCUT2D eigenvalue weighted by atomic mass is 14.9. The molecule has 0 amide bonds. The number of rotatable bonds is 4. The maximum atomic E-state index is 2.37. The average molecular weight is 571 g/mol. The van der Waals surface area contributed by atoms with E-state index < -0.39 is 0 Å². The summed E-state index contributed by atoms with van der Waals surface area (Å²) in [6, 6.07) is 42.2. The second-order valence-corrected chi connectivity index (χ2v) is 12.9. The zero-order valence-electron chi connectivity index (χ0n) is 26.2. The summed E-state index contributed by atoms with van der Waals surface area (Å²) in [5.74, 6) is 0. The lowest BCUT2D eigenvalue weighted by Crippen LogP contribution is -2.31. The van der Waals surface area contributed by atoms with Gasteiger partial charge >= 0.3 is 0 Å². The van der Waals surface area contributed by atoms with Gasteiger partial charge in [-0.25, -0.2) is 4.57 Å². The van der Waals surface area contributed by atoms with Gasteiger partial charge in [-0.15, -0.1) is 0 Å². The summed E-state index contributed by atoms with van der Waals surface area (Å²) >= 11 is 0. The first-order valence-electron chi connectivity index (χ1n) is 15.4. The average Bonchev–Trinajstić information content (AvgIpc) is 3.03. The Bertz CT molecular complexity index is 2230. The van der Waals surface area contributed by atoms with E-state index in [9.17, 15) is 0 Å². The van der Waals surface area contributed by atoms with Crippen molar-refractivity contribution < 1.29 is 9.13 Å². The van der Waals surface area contributed by atoms with Crippen molar-refractivity contribution in [1.29, 1.82) is 0 Å². The van der Waals surface area contributed by atoms with Gasteiger partial charge in [0.1, 0.15) is 7.05 Å². The van der Waals surface area contributed by atoms with E-state index in [1.807, 2.05) is 0 Å². The normalized spacial score (nSPS) is 12.1. The summed E-state index contributed by atoms with van der Waals surface area (Å²) in [5, 5.41) is 7.58. The fourth-order valence-corrected chi connectivity index (χ4v) is 6.35. The van der Waals surface area contributed by atoms with Gasteiger partial charge in [0.05, 0.1) is 11.1 Å². The van der Waals surface area contributed by atoms with E-state index in [4.69, 9.17) is 0 Å². The predicted molar refractivity (Wildman–Crippen MR) is 186 cm³/mol. The van der Waals surface area contributed by atoms with Gasteiger partial charge < -0.3 is 0 Å². The van der Waals surface area contributed by atoms with Crippen LogP contribution in [0.5, 0.6) is 0 Å². The lowest BCUT2D eigenvalue weighted by atomic mass is 9.86. The molecule has 0 N–H and O–H groups in total. The van der Waals surface area contributed by atoms with Crippen LogP contribution in [0.25, 0.3) is 67.1 Å². The van der Waals surface area contributed by atoms with E-state index in [1.165, 1.54) is 71.5 Å². The first kappa shape index (κ1) is 27.7. The minimum Gasteiger partial charge on any atom is -0.201 e. The zero-order chi connectivity index (χ0) is 30.4. The molecule has 2 heteroatoms. The second kappa shape index (κ2) is 10.9. The molecule has 0 aliphatic carbocycles. The number of hydrogen-bond donors (Lipinski definition) is 0. The van der Waals surface area contributed by atoms with Gasteiger partial charge in [-0.3, -0.25) is 0 Å². The Hall–Kier alpha value is -5.08. The topological polar surface area (TPSA) is 7.76 Å². The van der Waals surface area contributed by atoms with Crippen LogP contribution >= 0.6 is 0 Å². The van der Waals surface area contributed by atoms with Crippen LogP contribution < -0.4 is 9.13 Å². The number of benzene rings is 5. The highest BCUT2D eigenvalue weighted by Gasteiger charge is 2.22. The highest BCUT2D eigenvalue weighted by molar-refractivity contribution is 6.09. The monoisotopic (exact) mass is 570 g/mol. The smallest absolute Gasteiger partial charge is 0.201 e. The molecule has 2 nitrogen and oxygen atoms in total. The standard InChI is InChI=1S/C42H38N2/c1-29-24-31-13-6-7-14-32(31)26-37(29)41-27-35(42(2,3)4)20-23-44(41)22-19-34-25-33-18-17-30-12-8-9-15-36(30)38(33)28-39(34)40-16-10-11-21-43(40)5/h6-28H,1-5H3/q+2/b22-19-. The first-order chi connectivity index (χ1) is 21.3. The van der Waals surface area contributed by atoms with Gasteiger partial charge in [0.15, 0.2) is 18.6 Å². The number of aryl methyl sites for hydroxylation is 2. The summed E-state index contributed by atoms with van der Waals surface area (Å²) in [4.78, 5) is 0. The van der Waals surface area contributed by atoms with Crippen molar-refractivity contribution in [2.75, 3.05) is 0 Å². The Morgan fingerprint density at radius 3 is 2.05 bits per heavy atom. The lowest BCUT2D eigenvalue weighted by molar-refractivity contribution is -0.660. The molecule has 0 aliphatic rings. The van der Waals surface area contributed by atoms with Crippen LogP contribution in [0.15, 0.2) is 128 Å². The maximum absolute atomic E-state index is 2.37. The van der Waals surface area contributed by atoms with Gasteiger partial charge in [0, 0.05) is 30.3 Å². The van der Waals surface area contributed by atoms with Crippen LogP contribution in [-0.2, 0) is 12.5 Å². The molecule has 0 aliphatic heterocycles. The highest BCUT2D eigenvalue weighted by Crippen LogP contribution is 2.34. The Morgan fingerprint density at radius 2 is 1.27 bits per heavy atom. The van der Waals surface area contributed by atoms with Crippen LogP contribution in [-0.4, -0.2) is 0 Å². The molecule has 0 bridgehead atoms. The molecule has 0 unspecified atom stereocenters. The van der Waals surface area contributed by atoms with E-state index in [0.29, 0.717) is 0 Å². The second-order valence-electron chi connectivity index (χ2n) is 12.9. The fourth-order valence-electron chi connectivity index (χ4n) is 6.35. The van der Waals surface area contributed by atoms with Crippen LogP contribution in [0.2, 0.25) is 0 Å². The third-order valence-corrected chi connectivity index (χ3v) is 8.88. The van der Waals surface area contributed by atoms with E-state index in [-0.39, 0.29) is 5.41 Å². The molecule has 0 fully saturated rings. The zero-order valence-corrected chi connectivity index (χ0v) is 26.2. The first-order valence-corrected chi connectivity index (χ1v) is 15.4. The van der Waals surface area contributed by atoms with Crippen molar-refractivity contribution in [3.05, 3.63) is 144 Å². The summed E-state index contributed by atoms with van der Waals surface area (Å²) in [5.41, 5.74) is 8.64. The van der Waals surface area contributed by atoms with Crippen LogP contribution in [0.4, 0.5) is 0 Å². The van der Waals surface area contributed by atoms with E-state index in [2.05, 4.69) is 184 Å². The predicted octanol–water partition coefficient (Wildman–Crippen LogP) is 9.83. The van der Waals surface area contributed by atoms with Gasteiger partial charge in [-0.1, -0.05) is 87.5 Å². The Kier molecular flexibility index (Phi) is 6.86. The molecule has 7 rings (SSSR count). The Labute approximate surface area is 260 Å². The molecule has 0 radical (unpaired) electrons. The molecular weight excluding hydrogens is 532 g/mol. The van der Waals surface area contributed by atoms with Gasteiger partial charge in [0.25, 0.3) is 0 Å². The minimum atomic E-state index is 0.0403. The third kappa shape index (κ3) is 5.07. The van der Waals surface area contributed by atoms with Gasteiger partial charge in [0.2, 0.25) is 11.4 Å². The SMILES string of the molecule is Cc1cc2ccccc2cc1-c1cc(C(C)(C)C)cc[n+]1/C=C\c1cc2ccc3ccccc3c2cc1-c1cccc[n+]1C. The Balaban J connectivity index is 1.44. The van der Waals surface area contributed by atoms with Crippen molar-refractivity contribution in [2.24, 2.45) is 7.05 Å². The summed E-state index contributed by atoms with van der Waals surface area (Å²) in [6.45, 7) is 9.07.